The molecule has 63 heavy (non-hydrogen) atoms. The summed E-state index contributed by atoms with van der Waals surface area (Å²) in [6.07, 6.45) is 0. The van der Waals surface area contributed by atoms with Crippen LogP contribution in [-0.2, 0) is 0 Å². The van der Waals surface area contributed by atoms with Gasteiger partial charge in [0.2, 0.25) is 5.95 Å². The fourth-order valence-corrected chi connectivity index (χ4v) is 9.46. The van der Waals surface area contributed by atoms with Gasteiger partial charge in [-0.15, -0.1) is 0 Å². The lowest BCUT2D eigenvalue weighted by molar-refractivity contribution is 0.953. The molecule has 5 aromatic heterocycles. The van der Waals surface area contributed by atoms with E-state index in [9.17, 15) is 4.79 Å². The molecule has 0 atom stereocenters. The van der Waals surface area contributed by atoms with Crippen LogP contribution in [0.1, 0.15) is 0 Å². The molecule has 8 heteroatoms. The zero-order valence-electron chi connectivity index (χ0n) is 33.6. The Morgan fingerprint density at radius 1 is 0.365 bits per heavy atom. The van der Waals surface area contributed by atoms with Crippen molar-refractivity contribution in [2.75, 3.05) is 0 Å². The Balaban J connectivity index is 1.03. The summed E-state index contributed by atoms with van der Waals surface area (Å²) in [4.78, 5) is 35.0. The highest BCUT2D eigenvalue weighted by atomic mass is 16.1. The SMILES string of the molecule is O=c1c2ccccc2c2c(c3ccccc3n3c4ccc(-c5ccc6c(c5)c5ccccc5n6-c5nc(-c6ccccc6)nc(-c6ccccc6)n5)cc4nc23)n1-c1ccccc1. The molecule has 0 saturated carbocycles. The van der Waals surface area contributed by atoms with Crippen LogP contribution in [0.4, 0.5) is 0 Å². The van der Waals surface area contributed by atoms with Crippen LogP contribution in [-0.4, -0.2) is 33.5 Å². The van der Waals surface area contributed by atoms with E-state index < -0.39 is 0 Å². The third-order valence-electron chi connectivity index (χ3n) is 12.3. The standard InChI is InChI=1S/C55H33N7O/c63-54-41-24-11-10-23-40(41)49-50(60(54)38-20-8-3-9-21-38)42-25-13-15-27-46(42)61-48-31-29-37(33-44(48)56-53(49)61)36-28-30-47-43(32-36)39-22-12-14-26-45(39)62(47)55-58-51(34-16-4-1-5-17-34)57-52(59-55)35-18-6-2-7-19-35/h1-33H. The highest BCUT2D eigenvalue weighted by Crippen LogP contribution is 2.39. The number of rotatable bonds is 5. The summed E-state index contributed by atoms with van der Waals surface area (Å²) in [5.74, 6) is 1.77. The van der Waals surface area contributed by atoms with Gasteiger partial charge in [-0.1, -0.05) is 146 Å². The van der Waals surface area contributed by atoms with Crippen LogP contribution in [0.5, 0.6) is 0 Å². The first-order chi connectivity index (χ1) is 31.2. The number of hydrogen-bond acceptors (Lipinski definition) is 5. The first kappa shape index (κ1) is 35.0. The second kappa shape index (κ2) is 13.6. The smallest absolute Gasteiger partial charge is 0.263 e. The molecule has 13 aromatic rings. The Hall–Kier alpha value is -8.75. The number of imidazole rings is 1. The molecular formula is C55H33N7O. The fourth-order valence-electron chi connectivity index (χ4n) is 9.46. The molecule has 0 fully saturated rings. The summed E-state index contributed by atoms with van der Waals surface area (Å²) in [5, 5.41) is 5.62. The van der Waals surface area contributed by atoms with Crippen molar-refractivity contribution in [3.05, 3.63) is 211 Å². The molecule has 0 saturated heterocycles. The van der Waals surface area contributed by atoms with E-state index >= 15 is 0 Å². The van der Waals surface area contributed by atoms with Gasteiger partial charge in [0.25, 0.3) is 5.56 Å². The molecule has 0 spiro atoms. The van der Waals surface area contributed by atoms with Crippen molar-refractivity contribution in [1.82, 2.24) is 33.5 Å². The second-order valence-corrected chi connectivity index (χ2v) is 15.8. The summed E-state index contributed by atoms with van der Waals surface area (Å²) in [7, 11) is 0. The van der Waals surface area contributed by atoms with E-state index in [0.29, 0.717) is 23.0 Å². The van der Waals surface area contributed by atoms with Crippen LogP contribution in [0.3, 0.4) is 0 Å². The lowest BCUT2D eigenvalue weighted by Crippen LogP contribution is -2.20. The molecule has 8 nitrogen and oxygen atoms in total. The van der Waals surface area contributed by atoms with Crippen molar-refractivity contribution < 1.29 is 0 Å². The number of para-hydroxylation sites is 3. The Kier molecular flexibility index (Phi) is 7.59. The van der Waals surface area contributed by atoms with E-state index in [1.165, 1.54) is 0 Å². The van der Waals surface area contributed by atoms with Crippen LogP contribution in [0.25, 0.3) is 117 Å². The maximum absolute atomic E-state index is 14.4. The lowest BCUT2D eigenvalue weighted by atomic mass is 10.0. The Morgan fingerprint density at radius 2 is 0.905 bits per heavy atom. The van der Waals surface area contributed by atoms with Crippen molar-refractivity contribution in [2.45, 2.75) is 0 Å². The minimum absolute atomic E-state index is 0.0577. The van der Waals surface area contributed by atoms with E-state index in [2.05, 4.69) is 81.8 Å². The summed E-state index contributed by atoms with van der Waals surface area (Å²) < 4.78 is 6.26. The minimum Gasteiger partial charge on any atom is -0.292 e. The molecule has 0 unspecified atom stereocenters. The van der Waals surface area contributed by atoms with E-state index in [4.69, 9.17) is 19.9 Å². The van der Waals surface area contributed by atoms with Gasteiger partial charge in [-0.2, -0.15) is 9.97 Å². The van der Waals surface area contributed by atoms with Crippen molar-refractivity contribution in [2.24, 2.45) is 0 Å². The zero-order chi connectivity index (χ0) is 41.6. The average molecular weight is 808 g/mol. The van der Waals surface area contributed by atoms with Gasteiger partial charge in [-0.05, 0) is 65.7 Å². The van der Waals surface area contributed by atoms with Crippen molar-refractivity contribution in [3.8, 4) is 45.5 Å². The lowest BCUT2D eigenvalue weighted by Gasteiger charge is -2.17. The van der Waals surface area contributed by atoms with E-state index in [-0.39, 0.29) is 5.56 Å². The van der Waals surface area contributed by atoms with Gasteiger partial charge < -0.3 is 0 Å². The molecule has 0 N–H and O–H groups in total. The van der Waals surface area contributed by atoms with Crippen LogP contribution in [0, 0.1) is 0 Å². The molecule has 8 aromatic carbocycles. The van der Waals surface area contributed by atoms with Crippen molar-refractivity contribution in [1.29, 1.82) is 0 Å². The Labute approximate surface area is 359 Å². The van der Waals surface area contributed by atoms with Gasteiger partial charge in [0.1, 0.15) is 5.65 Å². The number of aromatic nitrogens is 7. The summed E-state index contributed by atoms with van der Waals surface area (Å²) >= 11 is 0. The van der Waals surface area contributed by atoms with Gasteiger partial charge >= 0.3 is 0 Å². The topological polar surface area (TPSA) is 82.9 Å². The molecule has 0 radical (unpaired) electrons. The molecule has 0 bridgehead atoms. The van der Waals surface area contributed by atoms with Gasteiger partial charge in [-0.3, -0.25) is 18.3 Å². The van der Waals surface area contributed by atoms with Crippen LogP contribution < -0.4 is 5.56 Å². The van der Waals surface area contributed by atoms with Gasteiger partial charge in [0.05, 0.1) is 38.5 Å². The van der Waals surface area contributed by atoms with E-state index in [1.807, 2.05) is 132 Å². The molecular weight excluding hydrogens is 775 g/mol. The summed E-state index contributed by atoms with van der Waals surface area (Å²) in [6, 6.07) is 67.8. The third-order valence-corrected chi connectivity index (χ3v) is 12.3. The Morgan fingerprint density at radius 3 is 1.60 bits per heavy atom. The van der Waals surface area contributed by atoms with Gasteiger partial charge in [0, 0.05) is 43.7 Å². The number of benzene rings is 8. The van der Waals surface area contributed by atoms with Crippen LogP contribution >= 0.6 is 0 Å². The van der Waals surface area contributed by atoms with Gasteiger partial charge in [-0.25, -0.2) is 9.97 Å². The summed E-state index contributed by atoms with van der Waals surface area (Å²) in [6.45, 7) is 0. The number of hydrogen-bond donors (Lipinski definition) is 0. The maximum atomic E-state index is 14.4. The largest absolute Gasteiger partial charge is 0.292 e. The number of pyridine rings is 2. The van der Waals surface area contributed by atoms with Gasteiger partial charge in [0.15, 0.2) is 11.6 Å². The molecule has 294 valence electrons. The monoisotopic (exact) mass is 807 g/mol. The quantitative estimate of drug-likeness (QED) is 0.162. The highest BCUT2D eigenvalue weighted by molar-refractivity contribution is 6.22. The molecule has 0 aliphatic heterocycles. The third kappa shape index (κ3) is 5.31. The van der Waals surface area contributed by atoms with Crippen LogP contribution in [0.15, 0.2) is 205 Å². The molecule has 13 rings (SSSR count). The molecule has 0 aliphatic rings. The zero-order valence-corrected chi connectivity index (χ0v) is 33.6. The molecule has 5 heterocycles. The second-order valence-electron chi connectivity index (χ2n) is 15.8. The maximum Gasteiger partial charge on any atom is 0.263 e. The Bertz CT molecular complexity index is 3980. The van der Waals surface area contributed by atoms with Crippen molar-refractivity contribution in [3.63, 3.8) is 0 Å². The van der Waals surface area contributed by atoms with E-state index in [1.54, 1.807) is 0 Å². The normalized spacial score (nSPS) is 11.9. The minimum atomic E-state index is -0.0577. The number of fused-ring (bicyclic) bond motifs is 13. The average Bonchev–Trinajstić information content (AvgIpc) is 3.90. The van der Waals surface area contributed by atoms with Crippen molar-refractivity contribution >= 4 is 71.1 Å². The van der Waals surface area contributed by atoms with E-state index in [0.717, 1.165) is 93.6 Å². The first-order valence-corrected chi connectivity index (χ1v) is 20.9. The predicted octanol–water partition coefficient (Wildman–Crippen LogP) is 12.4. The van der Waals surface area contributed by atoms with Crippen LogP contribution in [0.2, 0.25) is 0 Å². The molecule has 0 aliphatic carbocycles. The predicted molar refractivity (Wildman–Crippen MR) is 255 cm³/mol. The number of nitrogens with zero attached hydrogens (tertiary/aromatic N) is 7. The highest BCUT2D eigenvalue weighted by Gasteiger charge is 2.22. The molecule has 0 amide bonds. The fraction of sp³-hybridized carbons (Fsp3) is 0. The first-order valence-electron chi connectivity index (χ1n) is 20.9. The summed E-state index contributed by atoms with van der Waals surface area (Å²) in [5.41, 5.74) is 11.2.